The number of thioether (sulfide) groups is 1. The highest BCUT2D eigenvalue weighted by Gasteiger charge is 2.27. The van der Waals surface area contributed by atoms with Crippen LogP contribution in [0.1, 0.15) is 20.3 Å². The summed E-state index contributed by atoms with van der Waals surface area (Å²) in [6.45, 7) is 3.19. The topological polar surface area (TPSA) is 122 Å². The molecule has 8 heteroatoms. The number of carbonyl (C=O) groups is 3. The molecule has 0 aromatic carbocycles. The van der Waals surface area contributed by atoms with Gasteiger partial charge in [-0.05, 0) is 24.3 Å². The standard InChI is InChI=1S/C12H23N3O4S/c1-7(2)10(12(18)19)15-11(17)8(4-5-20-3)14-9(16)6-13/h7-8,10H,4-6,13H2,1-3H3,(H,14,16)(H,15,17)(H,18,19)/t8-,10-/m0/s1. The maximum atomic E-state index is 12.1. The number of carbonyl (C=O) groups excluding carboxylic acids is 2. The monoisotopic (exact) mass is 305 g/mol. The zero-order valence-corrected chi connectivity index (χ0v) is 12.8. The summed E-state index contributed by atoms with van der Waals surface area (Å²) in [7, 11) is 0. The van der Waals surface area contributed by atoms with Crippen LogP contribution in [0.3, 0.4) is 0 Å². The molecule has 0 spiro atoms. The third kappa shape index (κ3) is 6.76. The Morgan fingerprint density at radius 1 is 1.25 bits per heavy atom. The van der Waals surface area contributed by atoms with Gasteiger partial charge in [0, 0.05) is 0 Å². The molecule has 0 bridgehead atoms. The maximum absolute atomic E-state index is 12.1. The van der Waals surface area contributed by atoms with E-state index in [-0.39, 0.29) is 12.5 Å². The average molecular weight is 305 g/mol. The van der Waals surface area contributed by atoms with Crippen LogP contribution in [0.5, 0.6) is 0 Å². The van der Waals surface area contributed by atoms with Crippen molar-refractivity contribution in [3.63, 3.8) is 0 Å². The number of hydrogen-bond acceptors (Lipinski definition) is 5. The molecule has 0 saturated heterocycles. The van der Waals surface area contributed by atoms with E-state index in [1.54, 1.807) is 13.8 Å². The Hall–Kier alpha value is -1.28. The fourth-order valence-corrected chi connectivity index (χ4v) is 2.00. The van der Waals surface area contributed by atoms with Crippen molar-refractivity contribution in [3.8, 4) is 0 Å². The lowest BCUT2D eigenvalue weighted by Gasteiger charge is -2.23. The molecule has 0 saturated carbocycles. The van der Waals surface area contributed by atoms with Gasteiger partial charge in [-0.2, -0.15) is 11.8 Å². The molecule has 7 nitrogen and oxygen atoms in total. The van der Waals surface area contributed by atoms with E-state index < -0.39 is 29.9 Å². The summed E-state index contributed by atoms with van der Waals surface area (Å²) in [4.78, 5) is 34.4. The van der Waals surface area contributed by atoms with Crippen molar-refractivity contribution < 1.29 is 19.5 Å². The number of aliphatic carboxylic acids is 1. The van der Waals surface area contributed by atoms with Crippen molar-refractivity contribution in [2.24, 2.45) is 11.7 Å². The quantitative estimate of drug-likeness (QED) is 0.452. The first-order valence-electron chi connectivity index (χ1n) is 6.35. The lowest BCUT2D eigenvalue weighted by Crippen LogP contribution is -2.54. The van der Waals surface area contributed by atoms with Crippen LogP contribution >= 0.6 is 11.8 Å². The average Bonchev–Trinajstić information content (AvgIpc) is 2.39. The van der Waals surface area contributed by atoms with Gasteiger partial charge in [-0.3, -0.25) is 9.59 Å². The first-order chi connectivity index (χ1) is 9.33. The zero-order chi connectivity index (χ0) is 15.7. The third-order valence-corrected chi connectivity index (χ3v) is 3.32. The van der Waals surface area contributed by atoms with Crippen molar-refractivity contribution in [2.75, 3.05) is 18.6 Å². The molecule has 2 amide bonds. The summed E-state index contributed by atoms with van der Waals surface area (Å²) in [6.07, 6.45) is 2.30. The van der Waals surface area contributed by atoms with Crippen molar-refractivity contribution in [1.29, 1.82) is 0 Å². The summed E-state index contributed by atoms with van der Waals surface area (Å²) in [5.74, 6) is -1.61. The third-order valence-electron chi connectivity index (χ3n) is 2.68. The minimum absolute atomic E-state index is 0.213. The van der Waals surface area contributed by atoms with Crippen LogP contribution in [-0.4, -0.2) is 53.5 Å². The van der Waals surface area contributed by atoms with Crippen LogP contribution in [0.25, 0.3) is 0 Å². The Bertz CT molecular complexity index is 350. The molecule has 20 heavy (non-hydrogen) atoms. The summed E-state index contributed by atoms with van der Waals surface area (Å²) in [5.41, 5.74) is 5.20. The molecular formula is C12H23N3O4S. The van der Waals surface area contributed by atoms with Gasteiger partial charge in [-0.25, -0.2) is 4.79 Å². The SMILES string of the molecule is CSCC[C@H](NC(=O)CN)C(=O)N[C@H](C(=O)O)C(C)C. The number of carboxylic acid groups (broad SMARTS) is 1. The van der Waals surface area contributed by atoms with E-state index in [2.05, 4.69) is 10.6 Å². The molecule has 0 rings (SSSR count). The largest absolute Gasteiger partial charge is 0.480 e. The highest BCUT2D eigenvalue weighted by molar-refractivity contribution is 7.98. The lowest BCUT2D eigenvalue weighted by molar-refractivity contribution is -0.143. The molecule has 2 atom stereocenters. The normalized spacial score (nSPS) is 13.7. The first-order valence-corrected chi connectivity index (χ1v) is 7.74. The number of hydrogen-bond donors (Lipinski definition) is 4. The predicted molar refractivity (Wildman–Crippen MR) is 78.4 cm³/mol. The molecule has 0 radical (unpaired) electrons. The molecular weight excluding hydrogens is 282 g/mol. The molecule has 0 heterocycles. The number of rotatable bonds is 9. The van der Waals surface area contributed by atoms with E-state index in [0.717, 1.165) is 0 Å². The van der Waals surface area contributed by atoms with Gasteiger partial charge in [0.15, 0.2) is 0 Å². The van der Waals surface area contributed by atoms with Gasteiger partial charge in [0.25, 0.3) is 0 Å². The number of nitrogens with one attached hydrogen (secondary N) is 2. The Labute approximate surface area is 123 Å². The number of amides is 2. The summed E-state index contributed by atoms with van der Waals surface area (Å²) in [5, 5.41) is 14.0. The highest BCUT2D eigenvalue weighted by atomic mass is 32.2. The van der Waals surface area contributed by atoms with Crippen molar-refractivity contribution >= 4 is 29.5 Å². The van der Waals surface area contributed by atoms with E-state index in [4.69, 9.17) is 10.8 Å². The van der Waals surface area contributed by atoms with Crippen molar-refractivity contribution in [2.45, 2.75) is 32.4 Å². The van der Waals surface area contributed by atoms with E-state index in [1.807, 2.05) is 6.26 Å². The zero-order valence-electron chi connectivity index (χ0n) is 12.0. The molecule has 116 valence electrons. The van der Waals surface area contributed by atoms with Crippen LogP contribution in [-0.2, 0) is 14.4 Å². The van der Waals surface area contributed by atoms with E-state index in [9.17, 15) is 14.4 Å². The molecule has 0 fully saturated rings. The first kappa shape index (κ1) is 18.7. The van der Waals surface area contributed by atoms with Gasteiger partial charge in [0.05, 0.1) is 6.54 Å². The molecule has 5 N–H and O–H groups in total. The number of carboxylic acids is 1. The molecule has 0 unspecified atom stereocenters. The fourth-order valence-electron chi connectivity index (χ4n) is 1.53. The summed E-state index contributed by atoms with van der Waals surface area (Å²) < 4.78 is 0. The van der Waals surface area contributed by atoms with Crippen LogP contribution in [0, 0.1) is 5.92 Å². The Kier molecular flexibility index (Phi) is 8.98. The second-order valence-corrected chi connectivity index (χ2v) is 5.66. The molecule has 0 aromatic heterocycles. The van der Waals surface area contributed by atoms with Crippen LogP contribution in [0.15, 0.2) is 0 Å². The van der Waals surface area contributed by atoms with Gasteiger partial charge in [-0.1, -0.05) is 13.8 Å². The Balaban J connectivity index is 4.74. The van der Waals surface area contributed by atoms with Gasteiger partial charge in [0.2, 0.25) is 11.8 Å². The van der Waals surface area contributed by atoms with Crippen LogP contribution < -0.4 is 16.4 Å². The van der Waals surface area contributed by atoms with Crippen molar-refractivity contribution in [1.82, 2.24) is 10.6 Å². The minimum atomic E-state index is -1.10. The minimum Gasteiger partial charge on any atom is -0.480 e. The molecule has 0 aliphatic carbocycles. The fraction of sp³-hybridized carbons (Fsp3) is 0.750. The molecule has 0 aliphatic heterocycles. The van der Waals surface area contributed by atoms with Gasteiger partial charge >= 0.3 is 5.97 Å². The Morgan fingerprint density at radius 3 is 2.25 bits per heavy atom. The smallest absolute Gasteiger partial charge is 0.326 e. The van der Waals surface area contributed by atoms with E-state index >= 15 is 0 Å². The predicted octanol–water partition coefficient (Wildman–Crippen LogP) is -0.592. The Morgan fingerprint density at radius 2 is 1.85 bits per heavy atom. The second-order valence-electron chi connectivity index (χ2n) is 4.67. The molecule has 0 aromatic rings. The van der Waals surface area contributed by atoms with E-state index in [0.29, 0.717) is 12.2 Å². The van der Waals surface area contributed by atoms with Crippen molar-refractivity contribution in [3.05, 3.63) is 0 Å². The lowest BCUT2D eigenvalue weighted by atomic mass is 10.0. The second kappa shape index (κ2) is 9.60. The van der Waals surface area contributed by atoms with E-state index in [1.165, 1.54) is 11.8 Å². The van der Waals surface area contributed by atoms with Gasteiger partial charge in [0.1, 0.15) is 12.1 Å². The van der Waals surface area contributed by atoms with Crippen LogP contribution in [0.4, 0.5) is 0 Å². The van der Waals surface area contributed by atoms with Gasteiger partial charge < -0.3 is 21.5 Å². The van der Waals surface area contributed by atoms with Crippen LogP contribution in [0.2, 0.25) is 0 Å². The maximum Gasteiger partial charge on any atom is 0.326 e. The van der Waals surface area contributed by atoms with Gasteiger partial charge in [-0.15, -0.1) is 0 Å². The highest BCUT2D eigenvalue weighted by Crippen LogP contribution is 2.05. The summed E-state index contributed by atoms with van der Waals surface area (Å²) >= 11 is 1.53. The number of nitrogens with two attached hydrogens (primary N) is 1. The molecule has 0 aliphatic rings. The summed E-state index contributed by atoms with van der Waals surface area (Å²) in [6, 6.07) is -1.74.